The molecule has 1 fully saturated rings. The number of anilines is 1. The highest BCUT2D eigenvalue weighted by molar-refractivity contribution is 5.60. The zero-order valence-electron chi connectivity index (χ0n) is 11.7. The Kier molecular flexibility index (Phi) is 4.25. The van der Waals surface area contributed by atoms with Gasteiger partial charge in [0.25, 0.3) is 0 Å². The van der Waals surface area contributed by atoms with E-state index in [1.807, 2.05) is 12.1 Å². The quantitative estimate of drug-likeness (QED) is 0.931. The molecule has 0 unspecified atom stereocenters. The predicted molar refractivity (Wildman–Crippen MR) is 78.9 cm³/mol. The molecule has 20 heavy (non-hydrogen) atoms. The first-order valence-corrected chi connectivity index (χ1v) is 7.52. The molecule has 1 aromatic carbocycles. The molecular formula is C15H21N5. The number of nitrogens with zero attached hydrogens (tertiary/aromatic N) is 4. The van der Waals surface area contributed by atoms with Crippen LogP contribution >= 0.6 is 0 Å². The Hall–Kier alpha value is -1.91. The van der Waals surface area contributed by atoms with Crippen LogP contribution in [0, 0.1) is 0 Å². The average molecular weight is 271 g/mol. The highest BCUT2D eigenvalue weighted by Crippen LogP contribution is 2.24. The number of aromatic nitrogens is 4. The second-order valence-corrected chi connectivity index (χ2v) is 5.46. The van der Waals surface area contributed by atoms with Gasteiger partial charge in [0.1, 0.15) is 6.33 Å². The number of hydrogen-bond donors (Lipinski definition) is 1. The van der Waals surface area contributed by atoms with Crippen LogP contribution in [0.4, 0.5) is 5.69 Å². The summed E-state index contributed by atoms with van der Waals surface area (Å²) in [6, 6.07) is 8.78. The maximum atomic E-state index is 3.99. The fourth-order valence-corrected chi connectivity index (χ4v) is 2.89. The van der Waals surface area contributed by atoms with Crippen LogP contribution in [0.5, 0.6) is 0 Å². The van der Waals surface area contributed by atoms with E-state index in [2.05, 4.69) is 33.0 Å². The van der Waals surface area contributed by atoms with Gasteiger partial charge in [0.2, 0.25) is 0 Å². The first kappa shape index (κ1) is 13.1. The van der Waals surface area contributed by atoms with Gasteiger partial charge >= 0.3 is 0 Å². The van der Waals surface area contributed by atoms with Crippen molar-refractivity contribution in [1.82, 2.24) is 20.2 Å². The van der Waals surface area contributed by atoms with Crippen molar-refractivity contribution in [2.24, 2.45) is 0 Å². The highest BCUT2D eigenvalue weighted by Gasteiger charge is 2.13. The summed E-state index contributed by atoms with van der Waals surface area (Å²) in [5.41, 5.74) is 2.13. The lowest BCUT2D eigenvalue weighted by molar-refractivity contribution is 0.471. The van der Waals surface area contributed by atoms with E-state index >= 15 is 0 Å². The van der Waals surface area contributed by atoms with E-state index in [1.165, 1.54) is 44.9 Å². The van der Waals surface area contributed by atoms with E-state index in [-0.39, 0.29) is 0 Å². The first-order valence-electron chi connectivity index (χ1n) is 7.52. The fraction of sp³-hybridized carbons (Fsp3) is 0.533. The number of nitrogens with one attached hydrogen (secondary N) is 1. The van der Waals surface area contributed by atoms with E-state index in [0.29, 0.717) is 6.04 Å². The maximum Gasteiger partial charge on any atom is 0.143 e. The van der Waals surface area contributed by atoms with Crippen molar-refractivity contribution < 1.29 is 0 Å². The predicted octanol–water partition coefficient (Wildman–Crippen LogP) is 3.19. The van der Waals surface area contributed by atoms with Gasteiger partial charge in [-0.15, -0.1) is 5.10 Å². The monoisotopic (exact) mass is 271 g/mol. The van der Waals surface area contributed by atoms with E-state index in [1.54, 1.807) is 11.0 Å². The molecular weight excluding hydrogens is 250 g/mol. The summed E-state index contributed by atoms with van der Waals surface area (Å²) in [6.45, 7) is 0. The normalized spacial score (nSPS) is 17.4. The van der Waals surface area contributed by atoms with Gasteiger partial charge in [-0.3, -0.25) is 0 Å². The molecule has 0 amide bonds. The molecule has 0 saturated heterocycles. The minimum atomic E-state index is 0.563. The Balaban J connectivity index is 1.76. The number of rotatable bonds is 3. The van der Waals surface area contributed by atoms with Gasteiger partial charge in [0, 0.05) is 6.04 Å². The molecule has 1 aliphatic carbocycles. The van der Waals surface area contributed by atoms with Gasteiger partial charge in [-0.25, -0.2) is 0 Å². The van der Waals surface area contributed by atoms with Crippen molar-refractivity contribution in [3.05, 3.63) is 30.6 Å². The Bertz CT molecular complexity index is 515. The minimum Gasteiger partial charge on any atom is -0.381 e. The first-order chi connectivity index (χ1) is 9.93. The highest BCUT2D eigenvalue weighted by atomic mass is 15.5. The van der Waals surface area contributed by atoms with Gasteiger partial charge < -0.3 is 5.32 Å². The molecule has 1 aliphatic rings. The summed E-state index contributed by atoms with van der Waals surface area (Å²) in [5.74, 6) is 0. The van der Waals surface area contributed by atoms with E-state index in [4.69, 9.17) is 0 Å². The van der Waals surface area contributed by atoms with Crippen molar-refractivity contribution in [2.45, 2.75) is 51.0 Å². The molecule has 1 N–H and O–H groups in total. The van der Waals surface area contributed by atoms with Crippen LogP contribution in [0.2, 0.25) is 0 Å². The van der Waals surface area contributed by atoms with E-state index in [9.17, 15) is 0 Å². The fourth-order valence-electron chi connectivity index (χ4n) is 2.89. The average Bonchev–Trinajstić information content (AvgIpc) is 2.96. The molecule has 5 nitrogen and oxygen atoms in total. The lowest BCUT2D eigenvalue weighted by Crippen LogP contribution is -2.21. The molecule has 0 spiro atoms. The van der Waals surface area contributed by atoms with Crippen molar-refractivity contribution in [1.29, 1.82) is 0 Å². The van der Waals surface area contributed by atoms with Gasteiger partial charge in [0.05, 0.1) is 11.4 Å². The second kappa shape index (κ2) is 6.50. The van der Waals surface area contributed by atoms with Crippen LogP contribution in [-0.2, 0) is 0 Å². The van der Waals surface area contributed by atoms with Gasteiger partial charge in [-0.2, -0.15) is 4.68 Å². The molecule has 0 radical (unpaired) electrons. The molecule has 2 aromatic rings. The molecule has 1 aromatic heterocycles. The van der Waals surface area contributed by atoms with Crippen molar-refractivity contribution >= 4 is 5.69 Å². The Labute approximate surface area is 119 Å². The van der Waals surface area contributed by atoms with Crippen LogP contribution in [-0.4, -0.2) is 26.2 Å². The van der Waals surface area contributed by atoms with Crippen LogP contribution in [0.25, 0.3) is 5.69 Å². The summed E-state index contributed by atoms with van der Waals surface area (Å²) >= 11 is 0. The molecule has 106 valence electrons. The van der Waals surface area contributed by atoms with Crippen LogP contribution in [0.15, 0.2) is 30.6 Å². The Morgan fingerprint density at radius 2 is 1.75 bits per heavy atom. The number of para-hydroxylation sites is 2. The molecule has 0 aliphatic heterocycles. The third kappa shape index (κ3) is 3.15. The third-order valence-electron chi connectivity index (χ3n) is 3.96. The van der Waals surface area contributed by atoms with Gasteiger partial charge in [0.15, 0.2) is 0 Å². The molecule has 1 saturated carbocycles. The van der Waals surface area contributed by atoms with Crippen molar-refractivity contribution in [2.75, 3.05) is 5.32 Å². The smallest absolute Gasteiger partial charge is 0.143 e. The number of tetrazole rings is 1. The standard InChI is InChI=1S/C15H21N5/c1-2-4-8-13(9-5-3-1)17-14-10-6-7-11-15(14)20-12-16-18-19-20/h6-7,10-13,17H,1-5,8-9H2. The maximum absolute atomic E-state index is 3.99. The zero-order chi connectivity index (χ0) is 13.6. The summed E-state index contributed by atoms with van der Waals surface area (Å²) in [7, 11) is 0. The lowest BCUT2D eigenvalue weighted by Gasteiger charge is -2.23. The molecule has 5 heteroatoms. The van der Waals surface area contributed by atoms with Gasteiger partial charge in [-0.05, 0) is 35.4 Å². The van der Waals surface area contributed by atoms with Crippen LogP contribution < -0.4 is 5.32 Å². The van der Waals surface area contributed by atoms with Crippen molar-refractivity contribution in [3.8, 4) is 5.69 Å². The number of hydrogen-bond acceptors (Lipinski definition) is 4. The Morgan fingerprint density at radius 1 is 1.00 bits per heavy atom. The summed E-state index contributed by atoms with van der Waals surface area (Å²) in [4.78, 5) is 0. The van der Waals surface area contributed by atoms with Crippen LogP contribution in [0.1, 0.15) is 44.9 Å². The SMILES string of the molecule is c1ccc(-n2cnnn2)c(NC2CCCCCCC2)c1. The van der Waals surface area contributed by atoms with E-state index < -0.39 is 0 Å². The molecule has 0 bridgehead atoms. The van der Waals surface area contributed by atoms with E-state index in [0.717, 1.165) is 11.4 Å². The third-order valence-corrected chi connectivity index (χ3v) is 3.96. The van der Waals surface area contributed by atoms with Gasteiger partial charge in [-0.1, -0.05) is 44.2 Å². The topological polar surface area (TPSA) is 55.6 Å². The molecule has 0 atom stereocenters. The Morgan fingerprint density at radius 3 is 2.50 bits per heavy atom. The summed E-state index contributed by atoms with van der Waals surface area (Å²) < 4.78 is 1.71. The van der Waals surface area contributed by atoms with Crippen molar-refractivity contribution in [3.63, 3.8) is 0 Å². The lowest BCUT2D eigenvalue weighted by atomic mass is 9.96. The number of benzene rings is 1. The largest absolute Gasteiger partial charge is 0.381 e. The second-order valence-electron chi connectivity index (χ2n) is 5.46. The van der Waals surface area contributed by atoms with Crippen LogP contribution in [0.3, 0.4) is 0 Å². The minimum absolute atomic E-state index is 0.563. The summed E-state index contributed by atoms with van der Waals surface area (Å²) in [5, 5.41) is 15.1. The molecule has 3 rings (SSSR count). The zero-order valence-corrected chi connectivity index (χ0v) is 11.7. The summed E-state index contributed by atoms with van der Waals surface area (Å²) in [6.07, 6.45) is 10.9. The molecule has 1 heterocycles.